The largest absolute Gasteiger partial charge is 0.433 e. The number of fused-ring (bicyclic) bond motifs is 1. The highest BCUT2D eigenvalue weighted by Crippen LogP contribution is 2.35. The minimum absolute atomic E-state index is 0.00769. The summed E-state index contributed by atoms with van der Waals surface area (Å²) in [7, 11) is -2.96. The van der Waals surface area contributed by atoms with Crippen LogP contribution in [0.2, 0.25) is 0 Å². The third-order valence-electron chi connectivity index (χ3n) is 5.61. The number of carbonyl (C=O) groups excluding carboxylic acids is 1. The average molecular weight is 448 g/mol. The molecule has 4 heterocycles. The van der Waals surface area contributed by atoms with Crippen LogP contribution in [0.3, 0.4) is 0 Å². The molecule has 1 amide bonds. The third-order valence-corrected chi connectivity index (χ3v) is 8.55. The monoisotopic (exact) mass is 447 g/mol. The quantitative estimate of drug-likeness (QED) is 0.708. The maximum absolute atomic E-state index is 13.0. The predicted octanol–water partition coefficient (Wildman–Crippen LogP) is 2.57. The summed E-state index contributed by atoms with van der Waals surface area (Å²) in [6.45, 7) is 3.83. The first-order valence-electron chi connectivity index (χ1n) is 9.26. The third kappa shape index (κ3) is 3.99. The van der Waals surface area contributed by atoms with E-state index < -0.39 is 21.7 Å². The van der Waals surface area contributed by atoms with Crippen LogP contribution in [0.5, 0.6) is 0 Å². The molecule has 0 saturated carbocycles. The number of rotatable bonds is 2. The lowest BCUT2D eigenvalue weighted by molar-refractivity contribution is -0.140. The molecule has 0 radical (unpaired) electrons. The van der Waals surface area contributed by atoms with Gasteiger partial charge in [-0.1, -0.05) is 0 Å². The summed E-state index contributed by atoms with van der Waals surface area (Å²) in [5.74, 6) is 0.173. The van der Waals surface area contributed by atoms with Crippen molar-refractivity contribution in [3.63, 3.8) is 0 Å². The van der Waals surface area contributed by atoms with Gasteiger partial charge in [-0.25, -0.2) is 13.4 Å². The molecule has 0 aromatic carbocycles. The SMILES string of the molecule is Cc1c(C(=O)N2CCN(C3CCS(=O)(=O)C3)CC2)sc2nc(C(F)(F)F)ccc12. The van der Waals surface area contributed by atoms with E-state index in [4.69, 9.17) is 0 Å². The van der Waals surface area contributed by atoms with Gasteiger partial charge in [0.25, 0.3) is 5.91 Å². The van der Waals surface area contributed by atoms with Gasteiger partial charge in [0.15, 0.2) is 9.84 Å². The number of halogens is 3. The van der Waals surface area contributed by atoms with Crippen molar-refractivity contribution in [3.05, 3.63) is 28.3 Å². The number of sulfone groups is 1. The maximum Gasteiger partial charge on any atom is 0.433 e. The molecule has 2 aromatic heterocycles. The summed E-state index contributed by atoms with van der Waals surface area (Å²) in [6, 6.07) is 2.31. The van der Waals surface area contributed by atoms with Crippen LogP contribution >= 0.6 is 11.3 Å². The molecule has 1 unspecified atom stereocenters. The summed E-state index contributed by atoms with van der Waals surface area (Å²) in [6.07, 6.45) is -3.90. The lowest BCUT2D eigenvalue weighted by Gasteiger charge is -2.37. The van der Waals surface area contributed by atoms with Crippen molar-refractivity contribution >= 4 is 37.3 Å². The van der Waals surface area contributed by atoms with Gasteiger partial charge in [-0.05, 0) is 31.0 Å². The van der Waals surface area contributed by atoms with Crippen molar-refractivity contribution in [3.8, 4) is 0 Å². The highest BCUT2D eigenvalue weighted by atomic mass is 32.2. The minimum atomic E-state index is -4.53. The summed E-state index contributed by atoms with van der Waals surface area (Å²) in [5.41, 5.74) is -0.328. The number of alkyl halides is 3. The van der Waals surface area contributed by atoms with Crippen molar-refractivity contribution < 1.29 is 26.4 Å². The Morgan fingerprint density at radius 1 is 1.21 bits per heavy atom. The van der Waals surface area contributed by atoms with Crippen molar-refractivity contribution in [2.75, 3.05) is 37.7 Å². The number of aromatic nitrogens is 1. The van der Waals surface area contributed by atoms with E-state index in [1.165, 1.54) is 6.07 Å². The van der Waals surface area contributed by atoms with Gasteiger partial charge >= 0.3 is 6.18 Å². The first-order chi connectivity index (χ1) is 13.5. The highest BCUT2D eigenvalue weighted by Gasteiger charge is 2.36. The Morgan fingerprint density at radius 2 is 1.90 bits per heavy atom. The summed E-state index contributed by atoms with van der Waals surface area (Å²) in [5, 5.41) is 0.557. The normalized spacial score (nSPS) is 23.0. The molecular formula is C18H20F3N3O3S2. The molecule has 2 aromatic rings. The number of aryl methyl sites for hydroxylation is 1. The number of piperazine rings is 1. The minimum Gasteiger partial charge on any atom is -0.335 e. The number of hydrogen-bond acceptors (Lipinski definition) is 6. The zero-order chi connectivity index (χ0) is 21.0. The number of pyridine rings is 1. The van der Waals surface area contributed by atoms with Gasteiger partial charge in [0.1, 0.15) is 10.5 Å². The van der Waals surface area contributed by atoms with Crippen molar-refractivity contribution in [2.24, 2.45) is 0 Å². The molecule has 2 fully saturated rings. The van der Waals surface area contributed by atoms with Crippen LogP contribution in [0.15, 0.2) is 12.1 Å². The second-order valence-corrected chi connectivity index (χ2v) is 10.7. The van der Waals surface area contributed by atoms with Gasteiger partial charge in [0.05, 0.1) is 16.4 Å². The van der Waals surface area contributed by atoms with Crippen LogP contribution < -0.4 is 0 Å². The standard InChI is InChI=1S/C18H20F3N3O3S2/c1-11-13-2-3-14(18(19,20)21)22-16(13)28-15(11)17(25)24-7-5-23(6-8-24)12-4-9-29(26,27)10-12/h2-3,12H,4-10H2,1H3. The van der Waals surface area contributed by atoms with E-state index in [9.17, 15) is 26.4 Å². The topological polar surface area (TPSA) is 70.6 Å². The van der Waals surface area contributed by atoms with E-state index in [0.29, 0.717) is 48.4 Å². The lowest BCUT2D eigenvalue weighted by atomic mass is 10.1. The molecule has 0 spiro atoms. The smallest absolute Gasteiger partial charge is 0.335 e. The van der Waals surface area contributed by atoms with Gasteiger partial charge in [0, 0.05) is 37.6 Å². The fraction of sp³-hybridized carbons (Fsp3) is 0.556. The van der Waals surface area contributed by atoms with Gasteiger partial charge < -0.3 is 4.90 Å². The molecule has 2 aliphatic rings. The highest BCUT2D eigenvalue weighted by molar-refractivity contribution is 7.91. The molecular weight excluding hydrogens is 427 g/mol. The van der Waals surface area contributed by atoms with Crippen LogP contribution in [-0.4, -0.2) is 72.8 Å². The summed E-state index contributed by atoms with van der Waals surface area (Å²) in [4.78, 5) is 21.1. The van der Waals surface area contributed by atoms with E-state index >= 15 is 0 Å². The summed E-state index contributed by atoms with van der Waals surface area (Å²) < 4.78 is 62.1. The number of hydrogen-bond donors (Lipinski definition) is 0. The Labute approximate surface area is 170 Å². The van der Waals surface area contributed by atoms with Gasteiger partial charge in [-0.3, -0.25) is 9.69 Å². The van der Waals surface area contributed by atoms with Crippen LogP contribution in [0.25, 0.3) is 10.2 Å². The molecule has 1 atom stereocenters. The zero-order valence-corrected chi connectivity index (χ0v) is 17.3. The van der Waals surface area contributed by atoms with Gasteiger partial charge in [-0.15, -0.1) is 11.3 Å². The molecule has 158 valence electrons. The molecule has 2 saturated heterocycles. The van der Waals surface area contributed by atoms with E-state index in [2.05, 4.69) is 9.88 Å². The first kappa shape index (κ1) is 20.5. The number of carbonyl (C=O) groups is 1. The fourth-order valence-corrected chi connectivity index (χ4v) is 6.87. The Balaban J connectivity index is 1.49. The second kappa shape index (κ2) is 7.21. The number of thiophene rings is 1. The van der Waals surface area contributed by atoms with E-state index in [0.717, 1.165) is 17.4 Å². The van der Waals surface area contributed by atoms with Gasteiger partial charge in [0.2, 0.25) is 0 Å². The van der Waals surface area contributed by atoms with E-state index in [-0.39, 0.29) is 28.3 Å². The van der Waals surface area contributed by atoms with Crippen molar-refractivity contribution in [2.45, 2.75) is 25.6 Å². The molecule has 29 heavy (non-hydrogen) atoms. The Bertz CT molecular complexity index is 1060. The summed E-state index contributed by atoms with van der Waals surface area (Å²) >= 11 is 0.987. The molecule has 2 aliphatic heterocycles. The van der Waals surface area contributed by atoms with Crippen molar-refractivity contribution in [1.29, 1.82) is 0 Å². The van der Waals surface area contributed by atoms with E-state index in [1.54, 1.807) is 11.8 Å². The first-order valence-corrected chi connectivity index (χ1v) is 11.9. The van der Waals surface area contributed by atoms with Gasteiger partial charge in [-0.2, -0.15) is 13.2 Å². The molecule has 4 rings (SSSR count). The number of amides is 1. The molecule has 11 heteroatoms. The molecule has 6 nitrogen and oxygen atoms in total. The van der Waals surface area contributed by atoms with Crippen molar-refractivity contribution in [1.82, 2.24) is 14.8 Å². The number of nitrogens with zero attached hydrogens (tertiary/aromatic N) is 3. The molecule has 0 aliphatic carbocycles. The lowest BCUT2D eigenvalue weighted by Crippen LogP contribution is -2.52. The van der Waals surface area contributed by atoms with Crippen LogP contribution in [0.1, 0.15) is 27.3 Å². The Kier molecular flexibility index (Phi) is 5.11. The zero-order valence-electron chi connectivity index (χ0n) is 15.7. The second-order valence-electron chi connectivity index (χ2n) is 7.49. The Morgan fingerprint density at radius 3 is 2.48 bits per heavy atom. The maximum atomic E-state index is 13.0. The average Bonchev–Trinajstić information content (AvgIpc) is 3.20. The molecule has 0 bridgehead atoms. The predicted molar refractivity (Wildman–Crippen MR) is 104 cm³/mol. The van der Waals surface area contributed by atoms with Crippen LogP contribution in [-0.2, 0) is 16.0 Å². The van der Waals surface area contributed by atoms with Crippen LogP contribution in [0.4, 0.5) is 13.2 Å². The fourth-order valence-electron chi connectivity index (χ4n) is 3.96. The Hall–Kier alpha value is -1.72. The van der Waals surface area contributed by atoms with Crippen LogP contribution in [0, 0.1) is 6.92 Å². The van der Waals surface area contributed by atoms with E-state index in [1.807, 2.05) is 0 Å². The molecule has 0 N–H and O–H groups in total.